The van der Waals surface area contributed by atoms with E-state index in [1.54, 1.807) is 7.11 Å². The lowest BCUT2D eigenvalue weighted by Gasteiger charge is -2.46. The molecule has 1 N–H and O–H groups in total. The van der Waals surface area contributed by atoms with Crippen molar-refractivity contribution in [2.75, 3.05) is 20.3 Å². The molecule has 2 unspecified atom stereocenters. The predicted octanol–water partition coefficient (Wildman–Crippen LogP) is 2.70. The minimum Gasteiger partial charge on any atom is -0.480 e. The summed E-state index contributed by atoms with van der Waals surface area (Å²) in [6.45, 7) is 3.14. The maximum Gasteiger partial charge on any atom is 0.323 e. The molecule has 1 heterocycles. The first-order valence-corrected chi connectivity index (χ1v) is 7.13. The molecule has 1 aliphatic heterocycles. The molecular weight excluding hydrogens is 254 g/mol. The lowest BCUT2D eigenvalue weighted by Crippen LogP contribution is -2.57. The molecule has 0 bridgehead atoms. The van der Waals surface area contributed by atoms with Gasteiger partial charge in [0.05, 0.1) is 12.6 Å². The first-order valence-electron chi connectivity index (χ1n) is 7.13. The van der Waals surface area contributed by atoms with Crippen LogP contribution in [0.5, 0.6) is 0 Å². The Morgan fingerprint density at radius 1 is 1.40 bits per heavy atom. The normalized spacial score (nSPS) is 25.3. The second-order valence-electron chi connectivity index (χ2n) is 5.61. The molecule has 4 heteroatoms. The van der Waals surface area contributed by atoms with E-state index in [9.17, 15) is 9.90 Å². The molecule has 1 aromatic carbocycles. The van der Waals surface area contributed by atoms with E-state index in [0.29, 0.717) is 13.0 Å². The van der Waals surface area contributed by atoms with Gasteiger partial charge in [0.15, 0.2) is 0 Å². The van der Waals surface area contributed by atoms with Crippen LogP contribution in [0.1, 0.15) is 37.8 Å². The molecule has 2 rings (SSSR count). The van der Waals surface area contributed by atoms with Crippen LogP contribution in [0.25, 0.3) is 0 Å². The highest BCUT2D eigenvalue weighted by Crippen LogP contribution is 2.36. The van der Waals surface area contributed by atoms with E-state index in [4.69, 9.17) is 4.74 Å². The van der Waals surface area contributed by atoms with E-state index in [0.717, 1.165) is 24.9 Å². The minimum atomic E-state index is -0.808. The topological polar surface area (TPSA) is 49.8 Å². The van der Waals surface area contributed by atoms with E-state index in [1.807, 2.05) is 37.3 Å². The number of carbonyl (C=O) groups is 1. The fraction of sp³-hybridized carbons (Fsp3) is 0.562. The van der Waals surface area contributed by atoms with Gasteiger partial charge < -0.3 is 9.84 Å². The van der Waals surface area contributed by atoms with E-state index >= 15 is 0 Å². The Morgan fingerprint density at radius 3 is 2.70 bits per heavy atom. The molecule has 0 saturated carbocycles. The molecule has 0 spiro atoms. The first kappa shape index (κ1) is 15.0. The average molecular weight is 277 g/mol. The Balaban J connectivity index is 2.34. The van der Waals surface area contributed by atoms with Crippen molar-refractivity contribution < 1.29 is 14.6 Å². The van der Waals surface area contributed by atoms with Crippen molar-refractivity contribution >= 4 is 5.97 Å². The number of carboxylic acid groups (broad SMARTS) is 1. The van der Waals surface area contributed by atoms with Gasteiger partial charge in [-0.25, -0.2) is 0 Å². The zero-order valence-electron chi connectivity index (χ0n) is 12.2. The maximum atomic E-state index is 11.7. The molecule has 1 aliphatic rings. The number of hydrogen-bond donors (Lipinski definition) is 1. The summed E-state index contributed by atoms with van der Waals surface area (Å²) in [7, 11) is 1.66. The van der Waals surface area contributed by atoms with Gasteiger partial charge in [0.25, 0.3) is 0 Å². The van der Waals surface area contributed by atoms with Crippen molar-refractivity contribution in [2.24, 2.45) is 0 Å². The fourth-order valence-electron chi connectivity index (χ4n) is 3.07. The third-order valence-corrected chi connectivity index (χ3v) is 4.29. The third kappa shape index (κ3) is 2.86. The molecular formula is C16H23NO3. The lowest BCUT2D eigenvalue weighted by molar-refractivity contribution is -0.156. The van der Waals surface area contributed by atoms with Crippen LogP contribution < -0.4 is 0 Å². The molecule has 0 amide bonds. The molecule has 1 fully saturated rings. The van der Waals surface area contributed by atoms with Gasteiger partial charge in [-0.1, -0.05) is 30.3 Å². The summed E-state index contributed by atoms with van der Waals surface area (Å²) in [6, 6.07) is 10.0. The van der Waals surface area contributed by atoms with Crippen LogP contribution in [0.3, 0.4) is 0 Å². The van der Waals surface area contributed by atoms with Crippen molar-refractivity contribution in [1.29, 1.82) is 0 Å². The van der Waals surface area contributed by atoms with Crippen LogP contribution in [-0.4, -0.2) is 41.8 Å². The number of aliphatic carboxylic acids is 1. The standard InChI is InChI=1S/C16H23NO3/c1-16(15(18)19)10-6-7-11-17(16)14(12-20-2)13-8-4-3-5-9-13/h3-5,8-9,14H,6-7,10-12H2,1-2H3,(H,18,19). The van der Waals surface area contributed by atoms with Gasteiger partial charge in [-0.05, 0) is 38.3 Å². The summed E-state index contributed by atoms with van der Waals surface area (Å²) in [4.78, 5) is 13.8. The van der Waals surface area contributed by atoms with Gasteiger partial charge >= 0.3 is 5.97 Å². The largest absolute Gasteiger partial charge is 0.480 e. The van der Waals surface area contributed by atoms with Gasteiger partial charge in [-0.3, -0.25) is 9.69 Å². The van der Waals surface area contributed by atoms with Crippen molar-refractivity contribution in [3.63, 3.8) is 0 Å². The Hall–Kier alpha value is -1.39. The second-order valence-corrected chi connectivity index (χ2v) is 5.61. The Morgan fingerprint density at radius 2 is 2.10 bits per heavy atom. The predicted molar refractivity (Wildman–Crippen MR) is 77.7 cm³/mol. The Kier molecular flexibility index (Phi) is 4.78. The van der Waals surface area contributed by atoms with Crippen molar-refractivity contribution in [2.45, 2.75) is 37.8 Å². The van der Waals surface area contributed by atoms with Crippen LogP contribution in [0.15, 0.2) is 30.3 Å². The molecule has 1 saturated heterocycles. The van der Waals surface area contributed by atoms with Gasteiger partial charge in [-0.2, -0.15) is 0 Å². The van der Waals surface area contributed by atoms with Crippen LogP contribution in [0, 0.1) is 0 Å². The van der Waals surface area contributed by atoms with E-state index < -0.39 is 11.5 Å². The summed E-state index contributed by atoms with van der Waals surface area (Å²) < 4.78 is 5.35. The number of methoxy groups -OCH3 is 1. The van der Waals surface area contributed by atoms with Crippen molar-refractivity contribution in [3.05, 3.63) is 35.9 Å². The molecule has 1 aromatic rings. The summed E-state index contributed by atoms with van der Waals surface area (Å²) in [5, 5.41) is 9.65. The highest BCUT2D eigenvalue weighted by molar-refractivity contribution is 5.78. The number of piperidine rings is 1. The molecule has 2 atom stereocenters. The summed E-state index contributed by atoms with van der Waals surface area (Å²) in [5.41, 5.74) is 0.306. The highest BCUT2D eigenvalue weighted by atomic mass is 16.5. The van der Waals surface area contributed by atoms with E-state index in [2.05, 4.69) is 4.90 Å². The van der Waals surface area contributed by atoms with Crippen LogP contribution >= 0.6 is 0 Å². The zero-order chi connectivity index (χ0) is 14.6. The molecule has 20 heavy (non-hydrogen) atoms. The number of benzene rings is 1. The van der Waals surface area contributed by atoms with Gasteiger partial charge in [0, 0.05) is 7.11 Å². The van der Waals surface area contributed by atoms with Gasteiger partial charge in [-0.15, -0.1) is 0 Å². The second kappa shape index (κ2) is 6.37. The summed E-state index contributed by atoms with van der Waals surface area (Å²) >= 11 is 0. The summed E-state index contributed by atoms with van der Waals surface area (Å²) in [6.07, 6.45) is 2.69. The van der Waals surface area contributed by atoms with Gasteiger partial charge in [0.2, 0.25) is 0 Å². The quantitative estimate of drug-likeness (QED) is 0.899. The van der Waals surface area contributed by atoms with E-state index in [-0.39, 0.29) is 6.04 Å². The molecule has 0 aliphatic carbocycles. The van der Waals surface area contributed by atoms with Crippen LogP contribution in [0.4, 0.5) is 0 Å². The molecule has 0 aromatic heterocycles. The number of ether oxygens (including phenoxy) is 1. The Bertz CT molecular complexity index is 448. The number of likely N-dealkylation sites (tertiary alicyclic amines) is 1. The zero-order valence-corrected chi connectivity index (χ0v) is 12.2. The van der Waals surface area contributed by atoms with Gasteiger partial charge in [0.1, 0.15) is 5.54 Å². The smallest absolute Gasteiger partial charge is 0.323 e. The van der Waals surface area contributed by atoms with Crippen molar-refractivity contribution in [3.8, 4) is 0 Å². The number of nitrogens with zero attached hydrogens (tertiary/aromatic N) is 1. The van der Waals surface area contributed by atoms with E-state index in [1.165, 1.54) is 0 Å². The number of hydrogen-bond acceptors (Lipinski definition) is 3. The lowest BCUT2D eigenvalue weighted by atomic mass is 9.85. The Labute approximate surface area is 120 Å². The molecule has 4 nitrogen and oxygen atoms in total. The minimum absolute atomic E-state index is 0.0115. The highest BCUT2D eigenvalue weighted by Gasteiger charge is 2.44. The third-order valence-electron chi connectivity index (χ3n) is 4.29. The monoisotopic (exact) mass is 277 g/mol. The van der Waals surface area contributed by atoms with Crippen LogP contribution in [0.2, 0.25) is 0 Å². The van der Waals surface area contributed by atoms with Crippen LogP contribution in [-0.2, 0) is 9.53 Å². The fourth-order valence-corrected chi connectivity index (χ4v) is 3.07. The van der Waals surface area contributed by atoms with Crippen molar-refractivity contribution in [1.82, 2.24) is 4.90 Å². The number of carboxylic acids is 1. The first-order chi connectivity index (χ1) is 9.59. The average Bonchev–Trinajstić information content (AvgIpc) is 2.46. The molecule has 0 radical (unpaired) electrons. The number of rotatable bonds is 5. The SMILES string of the molecule is COCC(c1ccccc1)N1CCCCC1(C)C(=O)O. The molecule has 110 valence electrons. The maximum absolute atomic E-state index is 11.7. The summed E-state index contributed by atoms with van der Waals surface area (Å²) in [5.74, 6) is -0.741.